The number of unbranched alkanes of at least 4 members (excludes halogenated alkanes) is 1. The van der Waals surface area contributed by atoms with Crippen LogP contribution in [0, 0.1) is 0 Å². The normalized spacial score (nSPS) is 13.2. The zero-order valence-electron chi connectivity index (χ0n) is 20.3. The van der Waals surface area contributed by atoms with E-state index in [1.165, 1.54) is 36.4 Å². The molecule has 200 valence electrons. The van der Waals surface area contributed by atoms with Crippen molar-refractivity contribution in [2.24, 2.45) is 5.73 Å². The first-order valence-corrected chi connectivity index (χ1v) is 14.7. The molecule has 0 saturated carbocycles. The van der Waals surface area contributed by atoms with Crippen LogP contribution in [0.3, 0.4) is 0 Å². The molecule has 0 amide bonds. The lowest BCUT2D eigenvalue weighted by molar-refractivity contribution is -0.140. The smallest absolute Gasteiger partial charge is 0.323 e. The number of hydrogen-bond acceptors (Lipinski definition) is 8. The molecule has 0 aliphatic heterocycles. The second kappa shape index (κ2) is 10.6. The van der Waals surface area contributed by atoms with Gasteiger partial charge in [-0.05, 0) is 50.1 Å². The Kier molecular flexibility index (Phi) is 7.61. The lowest BCUT2D eigenvalue weighted by atomic mass is 10.1. The summed E-state index contributed by atoms with van der Waals surface area (Å²) in [6.45, 7) is 0.233. The van der Waals surface area contributed by atoms with Crippen LogP contribution in [0.5, 0.6) is 0 Å². The van der Waals surface area contributed by atoms with Gasteiger partial charge in [-0.15, -0.1) is 0 Å². The van der Waals surface area contributed by atoms with Gasteiger partial charge < -0.3 is 22.3 Å². The molecule has 7 N–H and O–H groups in total. The van der Waals surface area contributed by atoms with Gasteiger partial charge in [0.1, 0.15) is 6.04 Å². The molecule has 0 saturated heterocycles. The van der Waals surface area contributed by atoms with Crippen LogP contribution in [-0.2, 0) is 24.8 Å². The van der Waals surface area contributed by atoms with Gasteiger partial charge in [-0.2, -0.15) is 0 Å². The van der Waals surface area contributed by atoms with Crippen molar-refractivity contribution in [1.82, 2.24) is 3.71 Å². The molecule has 4 aromatic rings. The average Bonchev–Trinajstić information content (AvgIpc) is 2.88. The Bertz CT molecular complexity index is 1620. The summed E-state index contributed by atoms with van der Waals surface area (Å²) < 4.78 is 57.1. The van der Waals surface area contributed by atoms with Crippen molar-refractivity contribution in [2.45, 2.75) is 35.1 Å². The maximum absolute atomic E-state index is 14.3. The average molecular weight is 557 g/mol. The van der Waals surface area contributed by atoms with Gasteiger partial charge in [0.2, 0.25) is 0 Å². The Labute approximate surface area is 220 Å². The minimum Gasteiger partial charge on any atom is -0.480 e. The van der Waals surface area contributed by atoms with Crippen LogP contribution in [0.1, 0.15) is 19.3 Å². The fourth-order valence-electron chi connectivity index (χ4n) is 4.50. The Hall–Kier alpha value is -3.71. The van der Waals surface area contributed by atoms with Crippen LogP contribution in [0.4, 0.5) is 11.4 Å². The number of nitrogen functional groups attached to an aromatic ring is 2. The summed E-state index contributed by atoms with van der Waals surface area (Å²) in [7, 11) is -9.93. The van der Waals surface area contributed by atoms with Crippen molar-refractivity contribution in [3.63, 3.8) is 0 Å². The highest BCUT2D eigenvalue weighted by molar-refractivity contribution is 8.04. The topological polar surface area (TPSA) is 187 Å². The molecule has 4 aromatic carbocycles. The van der Waals surface area contributed by atoms with Crippen molar-refractivity contribution in [3.8, 4) is 0 Å². The molecule has 0 bridgehead atoms. The van der Waals surface area contributed by atoms with E-state index in [-0.39, 0.29) is 55.0 Å². The number of sulfonamides is 2. The number of carboxylic acids is 1. The van der Waals surface area contributed by atoms with Crippen molar-refractivity contribution in [3.05, 3.63) is 72.8 Å². The predicted molar refractivity (Wildman–Crippen MR) is 147 cm³/mol. The van der Waals surface area contributed by atoms with Crippen LogP contribution in [0.2, 0.25) is 0 Å². The molecule has 4 rings (SSSR count). The monoisotopic (exact) mass is 556 g/mol. The molecular formula is C26H28N4O6S2. The van der Waals surface area contributed by atoms with Crippen molar-refractivity contribution in [2.75, 3.05) is 18.0 Å². The minimum absolute atomic E-state index is 0.120. The SMILES string of the molecule is NCCCCC(C(=O)O)N(S(=O)(=O)c1ccc(N)c2ccccc12)S(=O)(=O)c1ccc(N)c2ccccc12. The second-order valence-corrected chi connectivity index (χ2v) is 12.6. The molecule has 0 spiro atoms. The summed E-state index contributed by atoms with van der Waals surface area (Å²) in [6, 6.07) is 15.8. The molecule has 0 aromatic heterocycles. The number of hydrogen-bond donors (Lipinski definition) is 4. The Morgan fingerprint density at radius 2 is 1.13 bits per heavy atom. The van der Waals surface area contributed by atoms with Crippen LogP contribution < -0.4 is 17.2 Å². The quantitative estimate of drug-likeness (QED) is 0.168. The fourth-order valence-corrected chi connectivity index (χ4v) is 8.85. The van der Waals surface area contributed by atoms with E-state index in [9.17, 15) is 26.7 Å². The fraction of sp³-hybridized carbons (Fsp3) is 0.192. The zero-order valence-corrected chi connectivity index (χ0v) is 22.0. The molecule has 10 nitrogen and oxygen atoms in total. The highest BCUT2D eigenvalue weighted by atomic mass is 32.3. The van der Waals surface area contributed by atoms with E-state index in [0.29, 0.717) is 17.2 Å². The molecule has 1 unspecified atom stereocenters. The van der Waals surface area contributed by atoms with Crippen LogP contribution in [-0.4, -0.2) is 44.2 Å². The number of nitrogens with zero attached hydrogens (tertiary/aromatic N) is 1. The lowest BCUT2D eigenvalue weighted by Crippen LogP contribution is -2.48. The number of carboxylic acid groups (broad SMARTS) is 1. The molecule has 0 aliphatic carbocycles. The summed E-state index contributed by atoms with van der Waals surface area (Å²) in [4.78, 5) is 11.7. The second-order valence-electron chi connectivity index (χ2n) is 8.77. The molecule has 0 aliphatic rings. The first-order chi connectivity index (χ1) is 18.0. The summed E-state index contributed by atoms with van der Waals surface area (Å²) in [5.74, 6) is -1.60. The van der Waals surface area contributed by atoms with E-state index in [1.807, 2.05) is 0 Å². The van der Waals surface area contributed by atoms with Gasteiger partial charge in [0.15, 0.2) is 0 Å². The molecule has 0 heterocycles. The number of anilines is 2. The number of benzene rings is 4. The summed E-state index contributed by atoms with van der Waals surface area (Å²) in [5, 5.41) is 11.2. The molecule has 12 heteroatoms. The first-order valence-electron chi connectivity index (χ1n) is 11.8. The van der Waals surface area contributed by atoms with Gasteiger partial charge >= 0.3 is 5.97 Å². The molecule has 1 atom stereocenters. The minimum atomic E-state index is -4.96. The van der Waals surface area contributed by atoms with Crippen LogP contribution in [0.15, 0.2) is 82.6 Å². The first kappa shape index (κ1) is 27.3. The van der Waals surface area contributed by atoms with Gasteiger partial charge in [0, 0.05) is 32.9 Å². The molecule has 0 radical (unpaired) electrons. The Morgan fingerprint density at radius 3 is 1.53 bits per heavy atom. The summed E-state index contributed by atoms with van der Waals surface area (Å²) in [6.07, 6.45) is 0.304. The van der Waals surface area contributed by atoms with E-state index in [4.69, 9.17) is 17.2 Å². The van der Waals surface area contributed by atoms with Gasteiger partial charge in [0.25, 0.3) is 20.0 Å². The van der Waals surface area contributed by atoms with E-state index in [0.717, 1.165) is 0 Å². The van der Waals surface area contributed by atoms with Crippen molar-refractivity contribution >= 4 is 58.9 Å². The Balaban J connectivity index is 2.04. The van der Waals surface area contributed by atoms with Gasteiger partial charge in [0.05, 0.1) is 9.79 Å². The van der Waals surface area contributed by atoms with Crippen molar-refractivity contribution in [1.29, 1.82) is 0 Å². The largest absolute Gasteiger partial charge is 0.480 e. The number of fused-ring (bicyclic) bond motifs is 2. The molecular weight excluding hydrogens is 528 g/mol. The number of rotatable bonds is 10. The lowest BCUT2D eigenvalue weighted by Gasteiger charge is -2.28. The van der Waals surface area contributed by atoms with E-state index < -0.39 is 32.1 Å². The van der Waals surface area contributed by atoms with Gasteiger partial charge in [-0.25, -0.2) is 16.8 Å². The maximum atomic E-state index is 14.3. The highest BCUT2D eigenvalue weighted by Gasteiger charge is 2.46. The number of carbonyl (C=O) groups is 1. The maximum Gasteiger partial charge on any atom is 0.323 e. The highest BCUT2D eigenvalue weighted by Crippen LogP contribution is 2.37. The van der Waals surface area contributed by atoms with Crippen molar-refractivity contribution < 1.29 is 26.7 Å². The van der Waals surface area contributed by atoms with E-state index >= 15 is 0 Å². The number of nitrogens with two attached hydrogens (primary N) is 3. The van der Waals surface area contributed by atoms with Gasteiger partial charge in [-0.3, -0.25) is 4.79 Å². The zero-order chi connectivity index (χ0) is 27.7. The number of aliphatic carboxylic acids is 1. The molecule has 38 heavy (non-hydrogen) atoms. The summed E-state index contributed by atoms with van der Waals surface area (Å²) >= 11 is 0. The van der Waals surface area contributed by atoms with Crippen LogP contribution >= 0.6 is 0 Å². The van der Waals surface area contributed by atoms with Crippen LogP contribution in [0.25, 0.3) is 21.5 Å². The van der Waals surface area contributed by atoms with Gasteiger partial charge in [-0.1, -0.05) is 52.2 Å². The third kappa shape index (κ3) is 4.78. The Morgan fingerprint density at radius 1 is 0.711 bits per heavy atom. The standard InChI is InChI=1S/C26H28N4O6S2/c27-16-6-5-11-23(26(31)32)30(37(33,34)24-14-12-21(28)17-7-1-3-9-19(17)24)38(35,36)25-15-13-22(29)18-8-2-4-10-20(18)25/h1-4,7-10,12-15,23H,5-6,11,16,27-29H2,(H,31,32). The summed E-state index contributed by atoms with van der Waals surface area (Å²) in [5.41, 5.74) is 18.2. The van der Waals surface area contributed by atoms with E-state index in [1.54, 1.807) is 36.4 Å². The molecule has 0 fully saturated rings. The van der Waals surface area contributed by atoms with E-state index in [2.05, 4.69) is 0 Å². The predicted octanol–water partition coefficient (Wildman–Crippen LogP) is 3.12. The third-order valence-electron chi connectivity index (χ3n) is 6.34. The third-order valence-corrected chi connectivity index (χ3v) is 10.8.